The van der Waals surface area contributed by atoms with Crippen molar-refractivity contribution < 1.29 is 24.2 Å². The molecule has 3 N–H and O–H groups in total. The van der Waals surface area contributed by atoms with Crippen LogP contribution in [0.4, 0.5) is 0 Å². The third kappa shape index (κ3) is 16.5. The average molecular weight is 849 g/mol. The number of aliphatic hydroxyl groups is 3. The summed E-state index contributed by atoms with van der Waals surface area (Å²) >= 11 is 2.17. The van der Waals surface area contributed by atoms with E-state index in [4.69, 9.17) is 8.85 Å². The largest absolute Gasteiger partial charge is 0.413 e. The fourth-order valence-electron chi connectivity index (χ4n) is 6.27. The predicted octanol–water partition coefficient (Wildman–Crippen LogP) is 11.9. The zero-order valence-electron chi connectivity index (χ0n) is 35.4. The molecule has 0 amide bonds. The molecule has 0 saturated heterocycles. The second kappa shape index (κ2) is 21.7. The standard InChI is InChI=1S/C42H81IO5Si2/c1-19-20-21-31(4)38(46)35(8)40(48-50(17,18)42(12,13)14)34(7)27-29(2)26-33(6)39(47-49(15,16)41(9,10)11)32(5)22-23-36(44)28-37(45)30(3)24-25-43/h19-21,24-26,30-40,44-46H,1,22-23,27-28H2,2-18H3/b21-20-,25-24+,29-26-/t30-,31+,32+,33+,34+,35-,36-,37+,38+,39+,40-/m1/s1. The van der Waals surface area contributed by atoms with Crippen LogP contribution < -0.4 is 0 Å². The first kappa shape index (κ1) is 49.9. The van der Waals surface area contributed by atoms with Crippen molar-refractivity contribution in [2.45, 2.75) is 182 Å². The summed E-state index contributed by atoms with van der Waals surface area (Å²) < 4.78 is 16.3. The minimum atomic E-state index is -2.12. The molecule has 0 aliphatic heterocycles. The van der Waals surface area contributed by atoms with Crippen molar-refractivity contribution in [2.24, 2.45) is 35.5 Å². The Labute approximate surface area is 326 Å². The second-order valence-electron chi connectivity index (χ2n) is 18.8. The summed E-state index contributed by atoms with van der Waals surface area (Å²) in [6.45, 7) is 42.0. The fourth-order valence-corrected chi connectivity index (χ4v) is 9.88. The van der Waals surface area contributed by atoms with Crippen molar-refractivity contribution in [2.75, 3.05) is 0 Å². The highest BCUT2D eigenvalue weighted by atomic mass is 127. The van der Waals surface area contributed by atoms with Gasteiger partial charge in [0.15, 0.2) is 16.6 Å². The minimum Gasteiger partial charge on any atom is -0.413 e. The van der Waals surface area contributed by atoms with Crippen LogP contribution in [0.5, 0.6) is 0 Å². The molecule has 0 aromatic carbocycles. The Hall–Kier alpha value is -0.0762. The molecule has 50 heavy (non-hydrogen) atoms. The summed E-state index contributed by atoms with van der Waals surface area (Å²) in [5.74, 6) is 0.568. The molecule has 0 unspecified atom stereocenters. The van der Waals surface area contributed by atoms with Crippen molar-refractivity contribution in [3.8, 4) is 0 Å². The molecule has 0 aromatic rings. The first-order valence-electron chi connectivity index (χ1n) is 19.3. The fraction of sp³-hybridized carbons (Fsp3) is 0.810. The van der Waals surface area contributed by atoms with Crippen LogP contribution in [0.25, 0.3) is 0 Å². The van der Waals surface area contributed by atoms with Crippen LogP contribution in [0.2, 0.25) is 36.3 Å². The van der Waals surface area contributed by atoms with Gasteiger partial charge in [-0.3, -0.25) is 0 Å². The lowest BCUT2D eigenvalue weighted by Crippen LogP contribution is -2.49. The van der Waals surface area contributed by atoms with E-state index in [2.05, 4.69) is 145 Å². The maximum atomic E-state index is 11.5. The Kier molecular flexibility index (Phi) is 21.7. The lowest BCUT2D eigenvalue weighted by atomic mass is 9.81. The third-order valence-electron chi connectivity index (χ3n) is 11.9. The van der Waals surface area contributed by atoms with E-state index in [1.807, 2.05) is 29.2 Å². The highest BCUT2D eigenvalue weighted by molar-refractivity contribution is 14.1. The van der Waals surface area contributed by atoms with E-state index in [1.54, 1.807) is 6.08 Å². The molecule has 8 heteroatoms. The van der Waals surface area contributed by atoms with Crippen LogP contribution in [0.1, 0.15) is 116 Å². The quantitative estimate of drug-likeness (QED) is 0.0438. The maximum Gasteiger partial charge on any atom is 0.192 e. The summed E-state index contributed by atoms with van der Waals surface area (Å²) in [7, 11) is -4.21. The van der Waals surface area contributed by atoms with Gasteiger partial charge in [0, 0.05) is 17.8 Å². The van der Waals surface area contributed by atoms with Crippen molar-refractivity contribution in [3.05, 3.63) is 46.6 Å². The Morgan fingerprint density at radius 1 is 0.740 bits per heavy atom. The van der Waals surface area contributed by atoms with Gasteiger partial charge in [-0.2, -0.15) is 0 Å². The normalized spacial score (nSPS) is 20.9. The minimum absolute atomic E-state index is 0.00912. The smallest absolute Gasteiger partial charge is 0.192 e. The molecular weight excluding hydrogens is 768 g/mol. The molecule has 5 nitrogen and oxygen atoms in total. The van der Waals surface area contributed by atoms with E-state index < -0.39 is 34.9 Å². The molecule has 11 atom stereocenters. The lowest BCUT2D eigenvalue weighted by molar-refractivity contribution is -0.0133. The van der Waals surface area contributed by atoms with Crippen molar-refractivity contribution in [1.82, 2.24) is 0 Å². The number of hydrogen-bond donors (Lipinski definition) is 3. The molecule has 294 valence electrons. The number of hydrogen-bond acceptors (Lipinski definition) is 5. The third-order valence-corrected chi connectivity index (χ3v) is 21.3. The van der Waals surface area contributed by atoms with Crippen LogP contribution in [0.15, 0.2) is 46.6 Å². The molecule has 0 heterocycles. The molecule has 0 aliphatic carbocycles. The average Bonchev–Trinajstić information content (AvgIpc) is 2.97. The van der Waals surface area contributed by atoms with E-state index >= 15 is 0 Å². The molecule has 0 aliphatic rings. The monoisotopic (exact) mass is 848 g/mol. The summed E-state index contributed by atoms with van der Waals surface area (Å²) in [5, 5.41) is 33.1. The van der Waals surface area contributed by atoms with E-state index in [0.717, 1.165) is 12.8 Å². The number of halogens is 1. The zero-order valence-corrected chi connectivity index (χ0v) is 39.5. The molecule has 0 fully saturated rings. The van der Waals surface area contributed by atoms with Crippen LogP contribution in [-0.4, -0.2) is 62.5 Å². The Balaban J connectivity index is 6.33. The van der Waals surface area contributed by atoms with Gasteiger partial charge in [0.2, 0.25) is 0 Å². The molecule has 0 spiro atoms. The number of allylic oxidation sites excluding steroid dienone is 3. The highest BCUT2D eigenvalue weighted by Crippen LogP contribution is 2.42. The van der Waals surface area contributed by atoms with Gasteiger partial charge in [-0.1, -0.05) is 148 Å². The van der Waals surface area contributed by atoms with Gasteiger partial charge in [-0.25, -0.2) is 0 Å². The summed E-state index contributed by atoms with van der Waals surface area (Å²) in [6.07, 6.45) is 11.1. The van der Waals surface area contributed by atoms with Crippen LogP contribution >= 0.6 is 22.6 Å². The summed E-state index contributed by atoms with van der Waals surface area (Å²) in [6, 6.07) is 0. The summed E-state index contributed by atoms with van der Waals surface area (Å²) in [4.78, 5) is 0. The van der Waals surface area contributed by atoms with E-state index in [9.17, 15) is 15.3 Å². The summed E-state index contributed by atoms with van der Waals surface area (Å²) in [5.41, 5.74) is 1.31. The van der Waals surface area contributed by atoms with Gasteiger partial charge in [-0.05, 0) is 90.7 Å². The SMILES string of the molecule is C=C/C=C\[C@H](C)[C@H](O)[C@@H](C)[C@H](O[Si](C)(C)C(C)(C)C)[C@@H](C)C/C(C)=C\[C@H](C)[C@@H](O[Si](C)(C)C(C)(C)C)[C@@H](C)CC[C@@H](O)C[C@H](O)[C@H](C)/C=C/I. The van der Waals surface area contributed by atoms with Gasteiger partial charge in [-0.15, -0.1) is 0 Å². The molecule has 0 rings (SSSR count). The second-order valence-corrected chi connectivity index (χ2v) is 29.0. The van der Waals surface area contributed by atoms with Gasteiger partial charge in [0.25, 0.3) is 0 Å². The van der Waals surface area contributed by atoms with Crippen molar-refractivity contribution in [3.63, 3.8) is 0 Å². The number of rotatable bonds is 22. The van der Waals surface area contributed by atoms with Crippen molar-refractivity contribution >= 4 is 39.2 Å². The first-order valence-corrected chi connectivity index (χ1v) is 26.3. The van der Waals surface area contributed by atoms with E-state index in [-0.39, 0.29) is 57.8 Å². The van der Waals surface area contributed by atoms with Crippen molar-refractivity contribution in [1.29, 1.82) is 0 Å². The van der Waals surface area contributed by atoms with Crippen LogP contribution in [-0.2, 0) is 8.85 Å². The number of aliphatic hydroxyl groups excluding tert-OH is 3. The zero-order chi connectivity index (χ0) is 39.4. The van der Waals surface area contributed by atoms with Crippen LogP contribution in [0.3, 0.4) is 0 Å². The van der Waals surface area contributed by atoms with E-state index in [0.29, 0.717) is 12.8 Å². The van der Waals surface area contributed by atoms with Gasteiger partial charge < -0.3 is 24.2 Å². The molecule has 0 saturated carbocycles. The molecule has 0 aromatic heterocycles. The lowest BCUT2D eigenvalue weighted by Gasteiger charge is -2.44. The molecule has 0 radical (unpaired) electrons. The molecule has 0 bridgehead atoms. The van der Waals surface area contributed by atoms with E-state index in [1.165, 1.54) is 5.57 Å². The molecular formula is C42H81IO5Si2. The Morgan fingerprint density at radius 3 is 1.70 bits per heavy atom. The predicted molar refractivity (Wildman–Crippen MR) is 232 cm³/mol. The Bertz CT molecular complexity index is 1070. The van der Waals surface area contributed by atoms with Crippen LogP contribution in [0, 0.1) is 35.5 Å². The van der Waals surface area contributed by atoms with Gasteiger partial charge in [0.05, 0.1) is 30.5 Å². The van der Waals surface area contributed by atoms with Gasteiger partial charge in [0.1, 0.15) is 0 Å². The topological polar surface area (TPSA) is 79.2 Å². The first-order chi connectivity index (χ1) is 22.6. The highest BCUT2D eigenvalue weighted by Gasteiger charge is 2.44. The maximum absolute atomic E-state index is 11.5. The Morgan fingerprint density at radius 2 is 1.24 bits per heavy atom. The van der Waals surface area contributed by atoms with Gasteiger partial charge >= 0.3 is 0 Å².